The number of hydrogen-bond acceptors (Lipinski definition) is 3. The van der Waals surface area contributed by atoms with Gasteiger partial charge in [0, 0.05) is 13.2 Å². The van der Waals surface area contributed by atoms with Crippen LogP contribution in [0.1, 0.15) is 33.6 Å². The molecule has 1 saturated heterocycles. The molecule has 1 aliphatic heterocycles. The van der Waals surface area contributed by atoms with Crippen LogP contribution in [0.25, 0.3) is 0 Å². The van der Waals surface area contributed by atoms with E-state index in [2.05, 4.69) is 10.1 Å². The van der Waals surface area contributed by atoms with E-state index >= 15 is 0 Å². The highest BCUT2D eigenvalue weighted by molar-refractivity contribution is 5.99. The molecule has 0 spiro atoms. The number of piperazine rings is 1. The average Bonchev–Trinajstić information content (AvgIpc) is 2.38. The van der Waals surface area contributed by atoms with Gasteiger partial charge in [0.2, 0.25) is 11.8 Å². The molecule has 0 bridgehead atoms. The summed E-state index contributed by atoms with van der Waals surface area (Å²) in [6, 6.07) is -0.617. The molecule has 1 rings (SSSR count). The number of alkyl halides is 3. The first-order chi connectivity index (χ1) is 9.62. The molecule has 2 unspecified atom stereocenters. The third-order valence-electron chi connectivity index (χ3n) is 3.69. The van der Waals surface area contributed by atoms with Crippen LogP contribution < -0.4 is 5.32 Å². The standard InChI is InChI=1S/C13H21F3N2O3/c1-4-12(3)11(20)17-9(2)10(19)18(12)6-5-7-21-8-13(14,15)16/h9H,4-8H2,1-3H3,(H,17,20). The number of rotatable bonds is 6. The number of ether oxygens (including phenoxy) is 1. The van der Waals surface area contributed by atoms with Gasteiger partial charge in [0.25, 0.3) is 0 Å². The van der Waals surface area contributed by atoms with Crippen molar-refractivity contribution in [2.24, 2.45) is 0 Å². The normalized spacial score (nSPS) is 27.0. The zero-order valence-corrected chi connectivity index (χ0v) is 12.4. The molecule has 1 fully saturated rings. The summed E-state index contributed by atoms with van der Waals surface area (Å²) in [5.41, 5.74) is -0.965. The monoisotopic (exact) mass is 310 g/mol. The van der Waals surface area contributed by atoms with Crippen molar-refractivity contribution in [3.63, 3.8) is 0 Å². The zero-order valence-electron chi connectivity index (χ0n) is 12.4. The molecular weight excluding hydrogens is 289 g/mol. The van der Waals surface area contributed by atoms with Gasteiger partial charge in [-0.25, -0.2) is 0 Å². The van der Waals surface area contributed by atoms with Gasteiger partial charge in [-0.1, -0.05) is 6.92 Å². The predicted octanol–water partition coefficient (Wildman–Crippen LogP) is 1.47. The van der Waals surface area contributed by atoms with Crippen LogP contribution in [0.5, 0.6) is 0 Å². The second-order valence-electron chi connectivity index (χ2n) is 5.33. The lowest BCUT2D eigenvalue weighted by Gasteiger charge is -2.45. The molecule has 5 nitrogen and oxygen atoms in total. The van der Waals surface area contributed by atoms with Gasteiger partial charge < -0.3 is 15.0 Å². The average molecular weight is 310 g/mol. The summed E-state index contributed by atoms with van der Waals surface area (Å²) in [4.78, 5) is 25.6. The maximum absolute atomic E-state index is 12.2. The van der Waals surface area contributed by atoms with E-state index in [1.54, 1.807) is 20.8 Å². The highest BCUT2D eigenvalue weighted by Gasteiger charge is 2.46. The number of hydrogen-bond donors (Lipinski definition) is 1. The fourth-order valence-corrected chi connectivity index (χ4v) is 2.23. The van der Waals surface area contributed by atoms with E-state index in [1.807, 2.05) is 0 Å². The summed E-state index contributed by atoms with van der Waals surface area (Å²) in [5.74, 6) is -0.469. The number of halogens is 3. The van der Waals surface area contributed by atoms with Crippen LogP contribution in [0.4, 0.5) is 13.2 Å². The lowest BCUT2D eigenvalue weighted by molar-refractivity contribution is -0.175. The van der Waals surface area contributed by atoms with Crippen molar-refractivity contribution >= 4 is 11.8 Å². The first-order valence-corrected chi connectivity index (χ1v) is 6.88. The minimum absolute atomic E-state index is 0.112. The van der Waals surface area contributed by atoms with Gasteiger partial charge in [-0.05, 0) is 26.7 Å². The second-order valence-corrected chi connectivity index (χ2v) is 5.33. The number of nitrogens with one attached hydrogen (secondary N) is 1. The summed E-state index contributed by atoms with van der Waals surface area (Å²) in [7, 11) is 0. The Morgan fingerprint density at radius 2 is 2.00 bits per heavy atom. The van der Waals surface area contributed by atoms with E-state index in [0.29, 0.717) is 6.42 Å². The summed E-state index contributed by atoms with van der Waals surface area (Å²) in [6.45, 7) is 3.81. The van der Waals surface area contributed by atoms with Gasteiger partial charge in [-0.15, -0.1) is 0 Å². The maximum atomic E-state index is 12.2. The van der Waals surface area contributed by atoms with Crippen molar-refractivity contribution < 1.29 is 27.5 Å². The quantitative estimate of drug-likeness (QED) is 0.756. The van der Waals surface area contributed by atoms with Crippen molar-refractivity contribution in [3.05, 3.63) is 0 Å². The molecule has 2 amide bonds. The fourth-order valence-electron chi connectivity index (χ4n) is 2.23. The van der Waals surface area contributed by atoms with E-state index in [0.717, 1.165) is 0 Å². The largest absolute Gasteiger partial charge is 0.411 e. The summed E-state index contributed by atoms with van der Waals surface area (Å²) >= 11 is 0. The molecule has 21 heavy (non-hydrogen) atoms. The lowest BCUT2D eigenvalue weighted by atomic mass is 9.90. The van der Waals surface area contributed by atoms with Crippen molar-refractivity contribution in [1.29, 1.82) is 0 Å². The highest BCUT2D eigenvalue weighted by atomic mass is 19.4. The van der Waals surface area contributed by atoms with E-state index in [1.165, 1.54) is 4.90 Å². The predicted molar refractivity (Wildman–Crippen MR) is 69.5 cm³/mol. The van der Waals surface area contributed by atoms with Crippen molar-refractivity contribution in [3.8, 4) is 0 Å². The Labute approximate surface area is 121 Å². The Balaban J connectivity index is 2.57. The van der Waals surface area contributed by atoms with Crippen LogP contribution in [-0.2, 0) is 14.3 Å². The first-order valence-electron chi connectivity index (χ1n) is 6.88. The van der Waals surface area contributed by atoms with E-state index < -0.39 is 24.4 Å². The van der Waals surface area contributed by atoms with Gasteiger partial charge in [0.05, 0.1) is 0 Å². The fraction of sp³-hybridized carbons (Fsp3) is 0.846. The van der Waals surface area contributed by atoms with Crippen LogP contribution >= 0.6 is 0 Å². The Kier molecular flexibility index (Phi) is 5.61. The molecule has 1 aliphatic rings. The molecule has 8 heteroatoms. The second kappa shape index (κ2) is 6.64. The van der Waals surface area contributed by atoms with E-state index in [9.17, 15) is 22.8 Å². The SMILES string of the molecule is CCC1(C)C(=O)NC(C)C(=O)N1CCCOCC(F)(F)F. The van der Waals surface area contributed by atoms with E-state index in [4.69, 9.17) is 0 Å². The van der Waals surface area contributed by atoms with Crippen molar-refractivity contribution in [2.45, 2.75) is 51.4 Å². The van der Waals surface area contributed by atoms with Crippen LogP contribution in [0.2, 0.25) is 0 Å². The third kappa shape index (κ3) is 4.33. The number of amides is 2. The summed E-state index contributed by atoms with van der Waals surface area (Å²) in [6.07, 6.45) is -3.68. The van der Waals surface area contributed by atoms with Crippen molar-refractivity contribution in [2.75, 3.05) is 19.8 Å². The maximum Gasteiger partial charge on any atom is 0.411 e. The molecule has 0 aromatic rings. The van der Waals surface area contributed by atoms with Crippen LogP contribution in [0, 0.1) is 0 Å². The molecule has 0 radical (unpaired) electrons. The summed E-state index contributed by atoms with van der Waals surface area (Å²) in [5, 5.41) is 2.61. The van der Waals surface area contributed by atoms with Crippen molar-refractivity contribution in [1.82, 2.24) is 10.2 Å². The van der Waals surface area contributed by atoms with Gasteiger partial charge >= 0.3 is 6.18 Å². The Morgan fingerprint density at radius 1 is 1.38 bits per heavy atom. The molecule has 0 aromatic carbocycles. The Hall–Kier alpha value is -1.31. The third-order valence-corrected chi connectivity index (χ3v) is 3.69. The van der Waals surface area contributed by atoms with Gasteiger partial charge in [0.1, 0.15) is 18.2 Å². The topological polar surface area (TPSA) is 58.6 Å². The molecule has 1 heterocycles. The molecule has 122 valence electrons. The minimum atomic E-state index is -4.35. The van der Waals surface area contributed by atoms with Crippen LogP contribution in [0.15, 0.2) is 0 Å². The number of nitrogens with zero attached hydrogens (tertiary/aromatic N) is 1. The Morgan fingerprint density at radius 3 is 2.52 bits per heavy atom. The number of carbonyl (C=O) groups excluding carboxylic acids is 2. The molecule has 0 aliphatic carbocycles. The molecule has 0 aromatic heterocycles. The molecular formula is C13H21F3N2O3. The molecule has 1 N–H and O–H groups in total. The molecule has 2 atom stereocenters. The first kappa shape index (κ1) is 17.7. The minimum Gasteiger partial charge on any atom is -0.372 e. The summed E-state index contributed by atoms with van der Waals surface area (Å²) < 4.78 is 40.3. The van der Waals surface area contributed by atoms with Gasteiger partial charge in [-0.3, -0.25) is 9.59 Å². The Bertz CT molecular complexity index is 401. The van der Waals surface area contributed by atoms with Gasteiger partial charge in [-0.2, -0.15) is 13.2 Å². The van der Waals surface area contributed by atoms with Crippen LogP contribution in [0.3, 0.4) is 0 Å². The highest BCUT2D eigenvalue weighted by Crippen LogP contribution is 2.25. The molecule has 0 saturated carbocycles. The van der Waals surface area contributed by atoms with Gasteiger partial charge in [0.15, 0.2) is 0 Å². The lowest BCUT2D eigenvalue weighted by Crippen LogP contribution is -2.68. The number of carbonyl (C=O) groups is 2. The van der Waals surface area contributed by atoms with E-state index in [-0.39, 0.29) is 31.4 Å². The van der Waals surface area contributed by atoms with Crippen LogP contribution in [-0.4, -0.2) is 54.2 Å². The zero-order chi connectivity index (χ0) is 16.3. The smallest absolute Gasteiger partial charge is 0.372 e.